The fraction of sp³-hybridized carbons (Fsp3) is 0.136. The van der Waals surface area contributed by atoms with Gasteiger partial charge in [0, 0.05) is 40.4 Å². The lowest BCUT2D eigenvalue weighted by molar-refractivity contribution is 0.0957. The minimum absolute atomic E-state index is 0.232. The van der Waals surface area contributed by atoms with E-state index in [0.717, 1.165) is 9.79 Å². The molecular weight excluding hydrogens is 402 g/mol. The number of aromatic nitrogens is 1. The van der Waals surface area contributed by atoms with Gasteiger partial charge in [-0.15, -0.1) is 0 Å². The van der Waals surface area contributed by atoms with Crippen LogP contribution in [-0.4, -0.2) is 38.1 Å². The smallest absolute Gasteiger partial charge is 0.269 e. The van der Waals surface area contributed by atoms with Crippen molar-refractivity contribution in [2.24, 2.45) is 0 Å². The third-order valence-corrected chi connectivity index (χ3v) is 5.15. The number of hydrogen-bond acceptors (Lipinski definition) is 6. The molecule has 2 aromatic carbocycles. The first-order chi connectivity index (χ1) is 14.5. The minimum atomic E-state index is -0.267. The Kier molecular flexibility index (Phi) is 6.92. The molecule has 0 aliphatic carbocycles. The number of hydrogen-bond donors (Lipinski definition) is 2. The third-order valence-electron chi connectivity index (χ3n) is 4.15. The highest BCUT2D eigenvalue weighted by Gasteiger charge is 2.11. The van der Waals surface area contributed by atoms with Gasteiger partial charge in [0.15, 0.2) is 0 Å². The van der Waals surface area contributed by atoms with Gasteiger partial charge in [0.25, 0.3) is 11.8 Å². The van der Waals surface area contributed by atoms with Gasteiger partial charge in [-0.25, -0.2) is 0 Å². The zero-order chi connectivity index (χ0) is 21.5. The van der Waals surface area contributed by atoms with Crippen molar-refractivity contribution in [3.63, 3.8) is 0 Å². The lowest BCUT2D eigenvalue weighted by Gasteiger charge is -2.10. The number of rotatable bonds is 7. The summed E-state index contributed by atoms with van der Waals surface area (Å²) in [6.45, 7) is 0. The Hall–Kier alpha value is -3.52. The largest absolute Gasteiger partial charge is 0.497 e. The third kappa shape index (κ3) is 5.30. The van der Waals surface area contributed by atoms with Crippen molar-refractivity contribution >= 4 is 29.3 Å². The van der Waals surface area contributed by atoms with Gasteiger partial charge < -0.3 is 20.1 Å². The molecule has 1 heterocycles. The molecule has 0 bridgehead atoms. The van der Waals surface area contributed by atoms with Gasteiger partial charge in [0.2, 0.25) is 0 Å². The first-order valence-corrected chi connectivity index (χ1v) is 9.84. The molecule has 0 saturated heterocycles. The van der Waals surface area contributed by atoms with Gasteiger partial charge in [-0.1, -0.05) is 11.8 Å². The van der Waals surface area contributed by atoms with E-state index in [4.69, 9.17) is 9.47 Å². The Morgan fingerprint density at radius 1 is 0.867 bits per heavy atom. The Labute approximate surface area is 178 Å². The fourth-order valence-corrected chi connectivity index (χ4v) is 3.45. The van der Waals surface area contributed by atoms with Crippen LogP contribution in [0.5, 0.6) is 11.5 Å². The molecule has 0 aliphatic heterocycles. The lowest BCUT2D eigenvalue weighted by atomic mass is 10.2. The van der Waals surface area contributed by atoms with Crippen molar-refractivity contribution < 1.29 is 19.1 Å². The van der Waals surface area contributed by atoms with Gasteiger partial charge in [0.05, 0.1) is 14.2 Å². The normalized spacial score (nSPS) is 10.2. The van der Waals surface area contributed by atoms with Gasteiger partial charge >= 0.3 is 0 Å². The Bertz CT molecular complexity index is 1030. The summed E-state index contributed by atoms with van der Waals surface area (Å²) in [4.78, 5) is 30.2. The summed E-state index contributed by atoms with van der Waals surface area (Å²) in [5, 5.41) is 5.42. The molecule has 2 amide bonds. The SMILES string of the molecule is CNC(=O)c1cc(Sc2ccc(NC(=O)c3cc(OC)cc(OC)c3)cc2)ccn1. The van der Waals surface area contributed by atoms with Crippen LogP contribution in [0.4, 0.5) is 5.69 Å². The maximum Gasteiger partial charge on any atom is 0.269 e. The molecule has 0 fully saturated rings. The summed E-state index contributed by atoms with van der Waals surface area (Å²) in [5.74, 6) is 0.584. The van der Waals surface area contributed by atoms with E-state index >= 15 is 0 Å². The van der Waals surface area contributed by atoms with Crippen molar-refractivity contribution in [2.45, 2.75) is 9.79 Å². The predicted molar refractivity (Wildman–Crippen MR) is 116 cm³/mol. The topological polar surface area (TPSA) is 89.6 Å². The quantitative estimate of drug-likeness (QED) is 0.600. The molecule has 7 nitrogen and oxygen atoms in total. The zero-order valence-electron chi connectivity index (χ0n) is 16.8. The molecule has 2 N–H and O–H groups in total. The molecule has 0 unspecified atom stereocenters. The summed E-state index contributed by atoms with van der Waals surface area (Å²) in [7, 11) is 4.64. The summed E-state index contributed by atoms with van der Waals surface area (Å²) < 4.78 is 10.4. The maximum atomic E-state index is 12.6. The van der Waals surface area contributed by atoms with Gasteiger partial charge in [0.1, 0.15) is 17.2 Å². The number of amides is 2. The highest BCUT2D eigenvalue weighted by Crippen LogP contribution is 2.29. The molecular formula is C22H21N3O4S. The number of ether oxygens (including phenoxy) is 2. The van der Waals surface area contributed by atoms with Crippen LogP contribution in [0.15, 0.2) is 70.6 Å². The Balaban J connectivity index is 1.69. The standard InChI is InChI=1S/C22H21N3O4S/c1-23-22(27)20-13-19(8-9-24-20)30-18-6-4-15(5-7-18)25-21(26)14-10-16(28-2)12-17(11-14)29-3/h4-13H,1-3H3,(H,23,27)(H,25,26). The average Bonchev–Trinajstić information content (AvgIpc) is 2.79. The molecule has 8 heteroatoms. The number of benzene rings is 2. The molecule has 3 rings (SSSR count). The number of anilines is 1. The van der Waals surface area contributed by atoms with Gasteiger partial charge in [-0.3, -0.25) is 14.6 Å². The van der Waals surface area contributed by atoms with Crippen molar-refractivity contribution in [2.75, 3.05) is 26.6 Å². The molecule has 3 aromatic rings. The molecule has 0 radical (unpaired) electrons. The first kappa shape index (κ1) is 21.2. The van der Waals surface area contributed by atoms with Crippen LogP contribution < -0.4 is 20.1 Å². The summed E-state index contributed by atoms with van der Waals surface area (Å²) >= 11 is 1.50. The van der Waals surface area contributed by atoms with E-state index in [-0.39, 0.29) is 11.8 Å². The molecule has 0 spiro atoms. The highest BCUT2D eigenvalue weighted by atomic mass is 32.2. The summed E-state index contributed by atoms with van der Waals surface area (Å²) in [5.41, 5.74) is 1.45. The minimum Gasteiger partial charge on any atom is -0.497 e. The molecule has 0 saturated carbocycles. The van der Waals surface area contributed by atoms with E-state index in [0.29, 0.717) is 28.4 Å². The van der Waals surface area contributed by atoms with Gasteiger partial charge in [-0.2, -0.15) is 0 Å². The van der Waals surface area contributed by atoms with Crippen LogP contribution in [0.2, 0.25) is 0 Å². The number of nitrogens with zero attached hydrogens (tertiary/aromatic N) is 1. The maximum absolute atomic E-state index is 12.6. The monoisotopic (exact) mass is 423 g/mol. The van der Waals surface area contributed by atoms with Crippen molar-refractivity contribution in [3.8, 4) is 11.5 Å². The van der Waals surface area contributed by atoms with Crippen molar-refractivity contribution in [3.05, 3.63) is 72.1 Å². The van der Waals surface area contributed by atoms with Crippen molar-refractivity contribution in [1.82, 2.24) is 10.3 Å². The van der Waals surface area contributed by atoms with E-state index in [2.05, 4.69) is 15.6 Å². The number of pyridine rings is 1. The lowest BCUT2D eigenvalue weighted by Crippen LogP contribution is -2.18. The van der Waals surface area contributed by atoms with Crippen LogP contribution in [0, 0.1) is 0 Å². The van der Waals surface area contributed by atoms with E-state index in [9.17, 15) is 9.59 Å². The van der Waals surface area contributed by atoms with Gasteiger partial charge in [-0.05, 0) is 48.5 Å². The highest BCUT2D eigenvalue weighted by molar-refractivity contribution is 7.99. The number of carbonyl (C=O) groups is 2. The second-order valence-electron chi connectivity index (χ2n) is 6.14. The molecule has 0 atom stereocenters. The zero-order valence-corrected chi connectivity index (χ0v) is 17.6. The average molecular weight is 423 g/mol. The summed E-state index contributed by atoms with van der Waals surface area (Å²) in [6.07, 6.45) is 1.60. The van der Waals surface area contributed by atoms with Crippen LogP contribution in [0.1, 0.15) is 20.8 Å². The Morgan fingerprint density at radius 2 is 1.53 bits per heavy atom. The van der Waals surface area contributed by atoms with E-state index < -0.39 is 0 Å². The van der Waals surface area contributed by atoms with E-state index in [1.807, 2.05) is 30.3 Å². The first-order valence-electron chi connectivity index (χ1n) is 9.03. The second-order valence-corrected chi connectivity index (χ2v) is 7.28. The number of nitrogens with one attached hydrogen (secondary N) is 2. The van der Waals surface area contributed by atoms with Crippen LogP contribution in [0.25, 0.3) is 0 Å². The van der Waals surface area contributed by atoms with E-state index in [1.54, 1.807) is 37.5 Å². The van der Waals surface area contributed by atoms with Crippen molar-refractivity contribution in [1.29, 1.82) is 0 Å². The fourth-order valence-electron chi connectivity index (χ4n) is 2.61. The summed E-state index contributed by atoms with van der Waals surface area (Å²) in [6, 6.07) is 16.0. The molecule has 154 valence electrons. The second kappa shape index (κ2) is 9.80. The molecule has 30 heavy (non-hydrogen) atoms. The van der Waals surface area contributed by atoms with E-state index in [1.165, 1.54) is 26.0 Å². The Morgan fingerprint density at radius 3 is 2.13 bits per heavy atom. The molecule has 0 aliphatic rings. The number of carbonyl (C=O) groups excluding carboxylic acids is 2. The number of methoxy groups -OCH3 is 2. The van der Waals surface area contributed by atoms with Crippen LogP contribution >= 0.6 is 11.8 Å². The van der Waals surface area contributed by atoms with Crippen LogP contribution in [-0.2, 0) is 0 Å². The van der Waals surface area contributed by atoms with Crippen LogP contribution in [0.3, 0.4) is 0 Å². The predicted octanol–water partition coefficient (Wildman–Crippen LogP) is 3.86. The molecule has 1 aromatic heterocycles.